The number of epoxide rings is 1. The molecule has 154 valence electrons. The number of hydrogen-bond acceptors (Lipinski definition) is 1. The van der Waals surface area contributed by atoms with Crippen molar-refractivity contribution in [3.8, 4) is 0 Å². The van der Waals surface area contributed by atoms with Crippen LogP contribution in [0.15, 0.2) is 24.3 Å². The predicted octanol–water partition coefficient (Wildman–Crippen LogP) is 8.56. The number of aryl methyl sites for hydroxylation is 1. The molecule has 1 unspecified atom stereocenters. The Labute approximate surface area is 169 Å². The summed E-state index contributed by atoms with van der Waals surface area (Å²) in [6, 6.07) is 9.02. The third-order valence-corrected chi connectivity index (χ3v) is 5.98. The van der Waals surface area contributed by atoms with Crippen molar-refractivity contribution in [2.45, 2.75) is 122 Å². The summed E-state index contributed by atoms with van der Waals surface area (Å²) in [5.74, 6) is 0. The molecule has 0 aliphatic carbocycles. The summed E-state index contributed by atoms with van der Waals surface area (Å²) in [5.41, 5.74) is 2.87. The highest BCUT2D eigenvalue weighted by atomic mass is 16.6. The fraction of sp³-hybridized carbons (Fsp3) is 0.769. The van der Waals surface area contributed by atoms with Gasteiger partial charge in [0.05, 0.1) is 6.61 Å². The first-order chi connectivity index (χ1) is 13.4. The summed E-state index contributed by atoms with van der Waals surface area (Å²) in [4.78, 5) is 0. The molecule has 0 bridgehead atoms. The number of unbranched alkanes of at least 4 members (excludes halogenated alkanes) is 15. The van der Waals surface area contributed by atoms with Crippen LogP contribution in [-0.2, 0) is 11.2 Å². The largest absolute Gasteiger partial charge is 0.368 e. The van der Waals surface area contributed by atoms with E-state index in [0.29, 0.717) is 6.10 Å². The first-order valence-corrected chi connectivity index (χ1v) is 12.1. The predicted molar refractivity (Wildman–Crippen MR) is 118 cm³/mol. The Hall–Kier alpha value is -0.820. The summed E-state index contributed by atoms with van der Waals surface area (Å²) in [5, 5.41) is 0. The van der Waals surface area contributed by atoms with E-state index >= 15 is 0 Å². The zero-order valence-electron chi connectivity index (χ0n) is 18.0. The molecule has 1 atom stereocenters. The monoisotopic (exact) mass is 372 g/mol. The molecule has 1 heterocycles. The second-order valence-electron chi connectivity index (χ2n) is 8.62. The van der Waals surface area contributed by atoms with Gasteiger partial charge in [0.15, 0.2) is 0 Å². The normalized spacial score (nSPS) is 16.0. The highest BCUT2D eigenvalue weighted by molar-refractivity contribution is 5.27. The smallest absolute Gasteiger partial charge is 0.106 e. The van der Waals surface area contributed by atoms with Crippen molar-refractivity contribution in [1.82, 2.24) is 0 Å². The molecule has 1 aliphatic heterocycles. The van der Waals surface area contributed by atoms with Gasteiger partial charge in [0.25, 0.3) is 0 Å². The van der Waals surface area contributed by atoms with Crippen molar-refractivity contribution in [3.63, 3.8) is 0 Å². The molecule has 1 aliphatic rings. The highest BCUT2D eigenvalue weighted by Crippen LogP contribution is 2.30. The Morgan fingerprint density at radius 2 is 1.19 bits per heavy atom. The van der Waals surface area contributed by atoms with E-state index in [1.807, 2.05) is 0 Å². The average molecular weight is 373 g/mol. The Morgan fingerprint density at radius 1 is 0.704 bits per heavy atom. The molecule has 1 saturated heterocycles. The van der Waals surface area contributed by atoms with Crippen molar-refractivity contribution < 1.29 is 4.74 Å². The van der Waals surface area contributed by atoms with Gasteiger partial charge in [-0.2, -0.15) is 0 Å². The molecule has 0 N–H and O–H groups in total. The van der Waals surface area contributed by atoms with Gasteiger partial charge in [-0.15, -0.1) is 0 Å². The molecule has 1 aromatic rings. The standard InChI is InChI=1S/C26H44O/c1-2-3-4-5-6-7-8-9-10-11-12-13-14-15-16-17-19-24-20-18-21-25(22-24)26-23-27-26/h18,20-22,26H,2-17,19,23H2,1H3. The van der Waals surface area contributed by atoms with E-state index in [1.54, 1.807) is 0 Å². The van der Waals surface area contributed by atoms with Crippen LogP contribution in [0.2, 0.25) is 0 Å². The van der Waals surface area contributed by atoms with E-state index in [9.17, 15) is 0 Å². The lowest BCUT2D eigenvalue weighted by Gasteiger charge is -2.05. The van der Waals surface area contributed by atoms with Gasteiger partial charge < -0.3 is 4.74 Å². The minimum absolute atomic E-state index is 0.399. The molecule has 0 amide bonds. The van der Waals surface area contributed by atoms with Gasteiger partial charge in [-0.3, -0.25) is 0 Å². The van der Waals surface area contributed by atoms with Crippen LogP contribution >= 0.6 is 0 Å². The molecule has 0 spiro atoms. The van der Waals surface area contributed by atoms with Crippen molar-refractivity contribution in [1.29, 1.82) is 0 Å². The molecular weight excluding hydrogens is 328 g/mol. The second kappa shape index (κ2) is 15.1. The van der Waals surface area contributed by atoms with E-state index in [0.717, 1.165) is 6.61 Å². The van der Waals surface area contributed by atoms with E-state index in [1.165, 1.54) is 120 Å². The number of rotatable bonds is 18. The fourth-order valence-corrected chi connectivity index (χ4v) is 4.07. The van der Waals surface area contributed by atoms with Gasteiger partial charge in [-0.1, -0.05) is 128 Å². The Balaban J connectivity index is 1.30. The van der Waals surface area contributed by atoms with E-state index in [4.69, 9.17) is 4.74 Å². The van der Waals surface area contributed by atoms with E-state index < -0.39 is 0 Å². The summed E-state index contributed by atoms with van der Waals surface area (Å²) in [6.07, 6.45) is 24.7. The molecule has 0 radical (unpaired) electrons. The Morgan fingerprint density at radius 3 is 1.67 bits per heavy atom. The molecule has 2 rings (SSSR count). The van der Waals surface area contributed by atoms with Crippen LogP contribution in [0.5, 0.6) is 0 Å². The Bertz CT molecular complexity index is 463. The number of ether oxygens (including phenoxy) is 1. The van der Waals surface area contributed by atoms with Gasteiger partial charge >= 0.3 is 0 Å². The lowest BCUT2D eigenvalue weighted by Crippen LogP contribution is -1.89. The van der Waals surface area contributed by atoms with E-state index in [2.05, 4.69) is 31.2 Å². The maximum Gasteiger partial charge on any atom is 0.106 e. The van der Waals surface area contributed by atoms with Gasteiger partial charge in [0, 0.05) is 0 Å². The summed E-state index contributed by atoms with van der Waals surface area (Å²) < 4.78 is 5.38. The minimum Gasteiger partial charge on any atom is -0.368 e. The maximum atomic E-state index is 5.38. The summed E-state index contributed by atoms with van der Waals surface area (Å²) in [7, 11) is 0. The lowest BCUT2D eigenvalue weighted by molar-refractivity contribution is 0.415. The summed E-state index contributed by atoms with van der Waals surface area (Å²) in [6.45, 7) is 3.22. The molecule has 1 nitrogen and oxygen atoms in total. The van der Waals surface area contributed by atoms with Crippen molar-refractivity contribution >= 4 is 0 Å². The lowest BCUT2D eigenvalue weighted by atomic mass is 10.0. The topological polar surface area (TPSA) is 12.5 Å². The van der Waals surface area contributed by atoms with Crippen molar-refractivity contribution in [3.05, 3.63) is 35.4 Å². The molecule has 1 heteroatoms. The quantitative estimate of drug-likeness (QED) is 0.186. The van der Waals surface area contributed by atoms with Gasteiger partial charge in [-0.05, 0) is 24.0 Å². The molecule has 1 fully saturated rings. The van der Waals surface area contributed by atoms with E-state index in [-0.39, 0.29) is 0 Å². The maximum absolute atomic E-state index is 5.38. The third-order valence-electron chi connectivity index (χ3n) is 5.98. The molecule has 1 aromatic carbocycles. The van der Waals surface area contributed by atoms with Crippen molar-refractivity contribution in [2.24, 2.45) is 0 Å². The van der Waals surface area contributed by atoms with Gasteiger partial charge in [-0.25, -0.2) is 0 Å². The van der Waals surface area contributed by atoms with Crippen LogP contribution < -0.4 is 0 Å². The van der Waals surface area contributed by atoms with Gasteiger partial charge in [0.2, 0.25) is 0 Å². The number of hydrogen-bond donors (Lipinski definition) is 0. The van der Waals surface area contributed by atoms with Crippen LogP contribution in [0.25, 0.3) is 0 Å². The number of benzene rings is 1. The molecular formula is C26H44O. The third kappa shape index (κ3) is 11.6. The first-order valence-electron chi connectivity index (χ1n) is 12.1. The zero-order valence-corrected chi connectivity index (χ0v) is 18.0. The summed E-state index contributed by atoms with van der Waals surface area (Å²) >= 11 is 0. The molecule has 27 heavy (non-hydrogen) atoms. The van der Waals surface area contributed by atoms with Crippen LogP contribution in [0.3, 0.4) is 0 Å². The molecule has 0 aromatic heterocycles. The SMILES string of the molecule is CCCCCCCCCCCCCCCCCCc1cccc(C2CO2)c1. The van der Waals surface area contributed by atoms with Crippen molar-refractivity contribution in [2.75, 3.05) is 6.61 Å². The fourth-order valence-electron chi connectivity index (χ4n) is 4.07. The first kappa shape index (κ1) is 22.5. The molecule has 0 saturated carbocycles. The Kier molecular flexibility index (Phi) is 12.6. The average Bonchev–Trinajstić information content (AvgIpc) is 3.53. The van der Waals surface area contributed by atoms with Crippen LogP contribution in [0.4, 0.5) is 0 Å². The van der Waals surface area contributed by atoms with Crippen LogP contribution in [0.1, 0.15) is 127 Å². The van der Waals surface area contributed by atoms with Crippen LogP contribution in [-0.4, -0.2) is 6.61 Å². The highest BCUT2D eigenvalue weighted by Gasteiger charge is 2.24. The van der Waals surface area contributed by atoms with Gasteiger partial charge in [0.1, 0.15) is 6.10 Å². The van der Waals surface area contributed by atoms with Crippen LogP contribution in [0, 0.1) is 0 Å². The second-order valence-corrected chi connectivity index (χ2v) is 8.62. The zero-order chi connectivity index (χ0) is 19.0. The minimum atomic E-state index is 0.399.